The van der Waals surface area contributed by atoms with Crippen LogP contribution in [0.4, 0.5) is 0 Å². The van der Waals surface area contributed by atoms with E-state index in [1.807, 2.05) is 24.3 Å². The first-order valence-corrected chi connectivity index (χ1v) is 10.5. The van der Waals surface area contributed by atoms with Crippen molar-refractivity contribution in [2.75, 3.05) is 7.11 Å². The molecular weight excluding hydrogens is 432 g/mol. The number of ether oxygens (including phenoxy) is 1. The van der Waals surface area contributed by atoms with Gasteiger partial charge >= 0.3 is 0 Å². The van der Waals surface area contributed by atoms with Gasteiger partial charge in [0.1, 0.15) is 17.8 Å². The SMILES string of the molecule is COC1=CC=C(C(N)=O)CC1(Cc1ccc2c(c1)COO2)C(=O)NCc1ccc(Cl)cc1. The van der Waals surface area contributed by atoms with Crippen molar-refractivity contribution in [2.45, 2.75) is 26.0 Å². The van der Waals surface area contributed by atoms with E-state index in [1.54, 1.807) is 30.4 Å². The molecule has 32 heavy (non-hydrogen) atoms. The van der Waals surface area contributed by atoms with E-state index in [1.165, 1.54) is 7.11 Å². The summed E-state index contributed by atoms with van der Waals surface area (Å²) >= 11 is 5.95. The van der Waals surface area contributed by atoms with Crippen LogP contribution in [-0.4, -0.2) is 18.9 Å². The number of rotatable bonds is 7. The molecule has 0 saturated heterocycles. The van der Waals surface area contributed by atoms with Crippen LogP contribution in [0.5, 0.6) is 5.75 Å². The molecule has 2 aliphatic rings. The van der Waals surface area contributed by atoms with Crippen LogP contribution in [0, 0.1) is 5.41 Å². The lowest BCUT2D eigenvalue weighted by molar-refractivity contribution is -0.194. The largest absolute Gasteiger partial charge is 0.500 e. The number of benzene rings is 2. The Kier molecular flexibility index (Phi) is 6.21. The van der Waals surface area contributed by atoms with E-state index in [2.05, 4.69) is 5.32 Å². The van der Waals surface area contributed by atoms with Gasteiger partial charge < -0.3 is 20.7 Å². The van der Waals surface area contributed by atoms with Crippen LogP contribution >= 0.6 is 11.6 Å². The molecule has 7 nitrogen and oxygen atoms in total. The number of fused-ring (bicyclic) bond motifs is 1. The number of allylic oxidation sites excluding steroid dienone is 2. The third-order valence-electron chi connectivity index (χ3n) is 5.73. The molecule has 1 aliphatic carbocycles. The number of hydrogen-bond donors (Lipinski definition) is 2. The van der Waals surface area contributed by atoms with Crippen LogP contribution in [0.2, 0.25) is 5.02 Å². The number of methoxy groups -OCH3 is 1. The lowest BCUT2D eigenvalue weighted by Gasteiger charge is -2.36. The number of nitrogens with one attached hydrogen (secondary N) is 1. The summed E-state index contributed by atoms with van der Waals surface area (Å²) < 4.78 is 5.63. The maximum absolute atomic E-state index is 13.6. The number of amides is 2. The average molecular weight is 455 g/mol. The van der Waals surface area contributed by atoms with Crippen molar-refractivity contribution in [1.82, 2.24) is 5.32 Å². The summed E-state index contributed by atoms with van der Waals surface area (Å²) in [4.78, 5) is 35.8. The molecule has 1 aliphatic heterocycles. The van der Waals surface area contributed by atoms with Crippen molar-refractivity contribution < 1.29 is 24.1 Å². The van der Waals surface area contributed by atoms with Gasteiger partial charge in [0.2, 0.25) is 11.8 Å². The Morgan fingerprint density at radius 2 is 1.91 bits per heavy atom. The molecule has 0 aromatic heterocycles. The van der Waals surface area contributed by atoms with E-state index in [0.29, 0.717) is 41.7 Å². The second-order valence-electron chi connectivity index (χ2n) is 7.82. The van der Waals surface area contributed by atoms with Crippen molar-refractivity contribution in [3.63, 3.8) is 0 Å². The molecule has 1 heterocycles. The van der Waals surface area contributed by atoms with Crippen LogP contribution in [0.15, 0.2) is 65.9 Å². The highest BCUT2D eigenvalue weighted by molar-refractivity contribution is 6.30. The molecule has 8 heteroatoms. The van der Waals surface area contributed by atoms with Crippen LogP contribution in [0.3, 0.4) is 0 Å². The van der Waals surface area contributed by atoms with Gasteiger partial charge in [-0.25, -0.2) is 0 Å². The van der Waals surface area contributed by atoms with E-state index >= 15 is 0 Å². The molecule has 0 spiro atoms. The predicted molar refractivity (Wildman–Crippen MR) is 118 cm³/mol. The van der Waals surface area contributed by atoms with Crippen molar-refractivity contribution in [1.29, 1.82) is 0 Å². The fourth-order valence-electron chi connectivity index (χ4n) is 4.06. The van der Waals surface area contributed by atoms with Gasteiger partial charge in [-0.2, -0.15) is 4.89 Å². The van der Waals surface area contributed by atoms with E-state index in [9.17, 15) is 9.59 Å². The summed E-state index contributed by atoms with van der Waals surface area (Å²) in [7, 11) is 1.51. The molecule has 3 N–H and O–H groups in total. The average Bonchev–Trinajstić information content (AvgIpc) is 3.26. The molecule has 2 amide bonds. The molecule has 0 saturated carbocycles. The highest BCUT2D eigenvalue weighted by Crippen LogP contribution is 2.42. The minimum absolute atomic E-state index is 0.124. The zero-order valence-corrected chi connectivity index (χ0v) is 18.3. The number of carbonyl (C=O) groups is 2. The molecule has 0 fully saturated rings. The summed E-state index contributed by atoms with van der Waals surface area (Å²) in [6, 6.07) is 12.8. The molecule has 1 atom stereocenters. The Labute approximate surface area is 190 Å². The third kappa shape index (κ3) is 4.35. The summed E-state index contributed by atoms with van der Waals surface area (Å²) in [5.41, 5.74) is 7.46. The standard InChI is InChI=1S/C24H23ClN2O5/c1-30-21-9-5-17(22(26)28)12-24(21,11-16-4-8-20-18(10-16)14-31-32-20)23(29)27-13-15-2-6-19(25)7-3-15/h2-10H,11-14H2,1H3,(H2,26,28)(H,27,29). The van der Waals surface area contributed by atoms with Crippen LogP contribution < -0.4 is 15.9 Å². The molecule has 2 aromatic carbocycles. The summed E-state index contributed by atoms with van der Waals surface area (Å²) in [5.74, 6) is 0.283. The van der Waals surface area contributed by atoms with Crippen molar-refractivity contribution in [3.05, 3.63) is 87.7 Å². The minimum atomic E-state index is -1.14. The Bertz CT molecular complexity index is 1110. The van der Waals surface area contributed by atoms with Gasteiger partial charge in [-0.15, -0.1) is 0 Å². The summed E-state index contributed by atoms with van der Waals surface area (Å²) in [6.07, 6.45) is 3.68. The summed E-state index contributed by atoms with van der Waals surface area (Å²) in [6.45, 7) is 0.634. The lowest BCUT2D eigenvalue weighted by atomic mass is 9.71. The van der Waals surface area contributed by atoms with Gasteiger partial charge in [0, 0.05) is 22.7 Å². The van der Waals surface area contributed by atoms with Crippen molar-refractivity contribution in [3.8, 4) is 5.75 Å². The second-order valence-corrected chi connectivity index (χ2v) is 8.26. The molecule has 1 unspecified atom stereocenters. The number of hydrogen-bond acceptors (Lipinski definition) is 5. The number of nitrogens with two attached hydrogens (primary N) is 1. The quantitative estimate of drug-likeness (QED) is 0.625. The lowest BCUT2D eigenvalue weighted by Crippen LogP contribution is -2.46. The first-order valence-electron chi connectivity index (χ1n) is 10.1. The Morgan fingerprint density at radius 3 is 2.62 bits per heavy atom. The number of primary amides is 1. The molecular formula is C24H23ClN2O5. The van der Waals surface area contributed by atoms with E-state index in [0.717, 1.165) is 16.7 Å². The topological polar surface area (TPSA) is 99.9 Å². The molecule has 166 valence electrons. The predicted octanol–water partition coefficient (Wildman–Crippen LogP) is 3.36. The zero-order chi connectivity index (χ0) is 22.7. The fourth-order valence-corrected chi connectivity index (χ4v) is 4.18. The Morgan fingerprint density at radius 1 is 1.16 bits per heavy atom. The normalized spacial score (nSPS) is 19.3. The van der Waals surface area contributed by atoms with Crippen LogP contribution in [-0.2, 0) is 38.8 Å². The first kappa shape index (κ1) is 21.9. The van der Waals surface area contributed by atoms with Crippen LogP contribution in [0.1, 0.15) is 23.1 Å². The van der Waals surface area contributed by atoms with Gasteiger partial charge in [0.05, 0.1) is 7.11 Å². The highest BCUT2D eigenvalue weighted by Gasteiger charge is 2.46. The molecule has 2 aromatic rings. The molecule has 4 rings (SSSR count). The third-order valence-corrected chi connectivity index (χ3v) is 5.98. The van der Waals surface area contributed by atoms with Crippen LogP contribution in [0.25, 0.3) is 0 Å². The van der Waals surface area contributed by atoms with Gasteiger partial charge in [-0.1, -0.05) is 35.9 Å². The van der Waals surface area contributed by atoms with E-state index < -0.39 is 11.3 Å². The van der Waals surface area contributed by atoms with Crippen molar-refractivity contribution in [2.24, 2.45) is 11.1 Å². The van der Waals surface area contributed by atoms with Gasteiger partial charge in [0.15, 0.2) is 5.75 Å². The monoisotopic (exact) mass is 454 g/mol. The maximum atomic E-state index is 13.6. The number of carbonyl (C=O) groups excluding carboxylic acids is 2. The smallest absolute Gasteiger partial charge is 0.244 e. The minimum Gasteiger partial charge on any atom is -0.500 e. The van der Waals surface area contributed by atoms with Gasteiger partial charge in [0.25, 0.3) is 0 Å². The van der Waals surface area contributed by atoms with Gasteiger partial charge in [-0.05, 0) is 54.3 Å². The fraction of sp³-hybridized carbons (Fsp3) is 0.250. The Balaban J connectivity index is 1.66. The zero-order valence-electron chi connectivity index (χ0n) is 17.5. The second kappa shape index (κ2) is 9.06. The van der Waals surface area contributed by atoms with E-state index in [4.69, 9.17) is 31.8 Å². The molecule has 0 radical (unpaired) electrons. The first-order chi connectivity index (χ1) is 15.4. The number of halogens is 1. The van der Waals surface area contributed by atoms with Gasteiger partial charge in [-0.3, -0.25) is 9.59 Å². The Hall–Kier alpha value is -3.29. The van der Waals surface area contributed by atoms with E-state index in [-0.39, 0.29) is 12.3 Å². The van der Waals surface area contributed by atoms with Crippen molar-refractivity contribution >= 4 is 23.4 Å². The summed E-state index contributed by atoms with van der Waals surface area (Å²) in [5, 5.41) is 3.61. The molecule has 0 bridgehead atoms. The highest BCUT2D eigenvalue weighted by atomic mass is 35.5. The maximum Gasteiger partial charge on any atom is 0.244 e.